The maximum atomic E-state index is 12.9. The smallest absolute Gasteiger partial charge is 0.233 e. The van der Waals surface area contributed by atoms with Crippen LogP contribution in [0, 0.1) is 5.92 Å². The van der Waals surface area contributed by atoms with Crippen LogP contribution in [0.5, 0.6) is 0 Å². The van der Waals surface area contributed by atoms with Gasteiger partial charge < -0.3 is 14.4 Å². The van der Waals surface area contributed by atoms with Crippen molar-refractivity contribution < 1.29 is 14.3 Å². The largest absolute Gasteiger partial charge is 0.379 e. The summed E-state index contributed by atoms with van der Waals surface area (Å²) in [5, 5.41) is 0. The van der Waals surface area contributed by atoms with Crippen LogP contribution >= 0.6 is 0 Å². The molecule has 0 spiro atoms. The fraction of sp³-hybridized carbons (Fsp3) is 0.562. The van der Waals surface area contributed by atoms with E-state index in [9.17, 15) is 4.79 Å². The van der Waals surface area contributed by atoms with Crippen LogP contribution in [0.3, 0.4) is 0 Å². The summed E-state index contributed by atoms with van der Waals surface area (Å²) in [7, 11) is 0. The van der Waals surface area contributed by atoms with Gasteiger partial charge in [0.2, 0.25) is 5.91 Å². The fourth-order valence-electron chi connectivity index (χ4n) is 3.07. The zero-order valence-corrected chi connectivity index (χ0v) is 11.8. The Balaban J connectivity index is 1.87. The molecule has 1 aromatic rings. The van der Waals surface area contributed by atoms with E-state index in [1.54, 1.807) is 0 Å². The van der Waals surface area contributed by atoms with Gasteiger partial charge in [0.15, 0.2) is 0 Å². The SMILES string of the molecule is C[C@@H]1OCC[C@H]1C(=O)N(c1ccccc1)[C@H]1CCOC1. The Morgan fingerprint density at radius 3 is 2.60 bits per heavy atom. The molecule has 0 unspecified atom stereocenters. The van der Waals surface area contributed by atoms with Crippen molar-refractivity contribution in [3.63, 3.8) is 0 Å². The van der Waals surface area contributed by atoms with E-state index in [4.69, 9.17) is 9.47 Å². The monoisotopic (exact) mass is 275 g/mol. The Bertz CT molecular complexity index is 456. The molecule has 2 heterocycles. The second-order valence-corrected chi connectivity index (χ2v) is 5.53. The lowest BCUT2D eigenvalue weighted by Crippen LogP contribution is -2.45. The third-order valence-electron chi connectivity index (χ3n) is 4.24. The van der Waals surface area contributed by atoms with Gasteiger partial charge in [0.1, 0.15) is 0 Å². The summed E-state index contributed by atoms with van der Waals surface area (Å²) in [5.74, 6) is 0.146. The number of anilines is 1. The van der Waals surface area contributed by atoms with Crippen molar-refractivity contribution in [2.45, 2.75) is 31.9 Å². The van der Waals surface area contributed by atoms with Gasteiger partial charge in [-0.25, -0.2) is 0 Å². The number of nitrogens with zero attached hydrogens (tertiary/aromatic N) is 1. The molecule has 3 atom stereocenters. The van der Waals surface area contributed by atoms with Crippen LogP contribution in [0.25, 0.3) is 0 Å². The Kier molecular flexibility index (Phi) is 4.03. The lowest BCUT2D eigenvalue weighted by molar-refractivity contribution is -0.124. The van der Waals surface area contributed by atoms with Crippen LogP contribution in [0.4, 0.5) is 5.69 Å². The Labute approximate surface area is 119 Å². The number of carbonyl (C=O) groups is 1. The van der Waals surface area contributed by atoms with Gasteiger partial charge in [0.05, 0.1) is 24.7 Å². The first-order chi connectivity index (χ1) is 9.77. The average molecular weight is 275 g/mol. The fourth-order valence-corrected chi connectivity index (χ4v) is 3.07. The molecule has 4 heteroatoms. The Morgan fingerprint density at radius 2 is 2.00 bits per heavy atom. The molecule has 2 aliphatic heterocycles. The van der Waals surface area contributed by atoms with Crippen molar-refractivity contribution in [1.82, 2.24) is 0 Å². The zero-order chi connectivity index (χ0) is 13.9. The molecule has 108 valence electrons. The first kappa shape index (κ1) is 13.6. The number of hydrogen-bond donors (Lipinski definition) is 0. The van der Waals surface area contributed by atoms with Crippen molar-refractivity contribution in [3.05, 3.63) is 30.3 Å². The molecule has 0 aliphatic carbocycles. The van der Waals surface area contributed by atoms with Gasteiger partial charge in [-0.2, -0.15) is 0 Å². The van der Waals surface area contributed by atoms with E-state index in [1.807, 2.05) is 42.2 Å². The highest BCUT2D eigenvalue weighted by atomic mass is 16.5. The molecule has 0 N–H and O–H groups in total. The summed E-state index contributed by atoms with van der Waals surface area (Å²) < 4.78 is 11.0. The van der Waals surface area contributed by atoms with Crippen LogP contribution in [-0.4, -0.2) is 37.9 Å². The third kappa shape index (κ3) is 2.58. The van der Waals surface area contributed by atoms with E-state index in [2.05, 4.69) is 0 Å². The Morgan fingerprint density at radius 1 is 1.20 bits per heavy atom. The summed E-state index contributed by atoms with van der Waals surface area (Å²) in [6.45, 7) is 4.03. The molecular formula is C16H21NO3. The van der Waals surface area contributed by atoms with E-state index >= 15 is 0 Å². The molecule has 2 aliphatic rings. The second-order valence-electron chi connectivity index (χ2n) is 5.53. The van der Waals surface area contributed by atoms with Gasteiger partial charge >= 0.3 is 0 Å². The van der Waals surface area contributed by atoms with Gasteiger partial charge in [-0.05, 0) is 31.9 Å². The maximum Gasteiger partial charge on any atom is 0.233 e. The second kappa shape index (κ2) is 5.94. The summed E-state index contributed by atoms with van der Waals surface area (Å²) in [4.78, 5) is 14.9. The molecule has 20 heavy (non-hydrogen) atoms. The van der Waals surface area contributed by atoms with Crippen LogP contribution in [0.2, 0.25) is 0 Å². The van der Waals surface area contributed by atoms with E-state index in [-0.39, 0.29) is 24.0 Å². The average Bonchev–Trinajstić information content (AvgIpc) is 3.12. The van der Waals surface area contributed by atoms with Crippen LogP contribution in [-0.2, 0) is 14.3 Å². The van der Waals surface area contributed by atoms with Gasteiger partial charge in [-0.3, -0.25) is 4.79 Å². The van der Waals surface area contributed by atoms with Crippen molar-refractivity contribution in [2.24, 2.45) is 5.92 Å². The van der Waals surface area contributed by atoms with Crippen molar-refractivity contribution in [3.8, 4) is 0 Å². The van der Waals surface area contributed by atoms with E-state index in [0.29, 0.717) is 13.2 Å². The molecule has 0 saturated carbocycles. The third-order valence-corrected chi connectivity index (χ3v) is 4.24. The molecule has 2 fully saturated rings. The van der Waals surface area contributed by atoms with Crippen molar-refractivity contribution >= 4 is 11.6 Å². The minimum absolute atomic E-state index is 0.0102. The Hall–Kier alpha value is -1.39. The van der Waals surface area contributed by atoms with E-state index < -0.39 is 0 Å². The molecule has 0 aromatic heterocycles. The number of benzene rings is 1. The first-order valence-electron chi connectivity index (χ1n) is 7.35. The normalized spacial score (nSPS) is 29.6. The predicted molar refractivity (Wildman–Crippen MR) is 76.7 cm³/mol. The van der Waals surface area contributed by atoms with Crippen LogP contribution < -0.4 is 4.90 Å². The molecule has 4 nitrogen and oxygen atoms in total. The summed E-state index contributed by atoms with van der Waals surface area (Å²) >= 11 is 0. The van der Waals surface area contributed by atoms with E-state index in [1.165, 1.54) is 0 Å². The highest BCUT2D eigenvalue weighted by Crippen LogP contribution is 2.29. The predicted octanol–water partition coefficient (Wildman–Crippen LogP) is 2.23. The van der Waals surface area contributed by atoms with Crippen molar-refractivity contribution in [2.75, 3.05) is 24.7 Å². The van der Waals surface area contributed by atoms with E-state index in [0.717, 1.165) is 25.1 Å². The highest BCUT2D eigenvalue weighted by molar-refractivity contribution is 5.96. The first-order valence-corrected chi connectivity index (χ1v) is 7.35. The summed E-state index contributed by atoms with van der Waals surface area (Å²) in [6.07, 6.45) is 1.73. The molecule has 1 amide bonds. The quantitative estimate of drug-likeness (QED) is 0.849. The topological polar surface area (TPSA) is 38.8 Å². The van der Waals surface area contributed by atoms with Crippen LogP contribution in [0.1, 0.15) is 19.8 Å². The number of para-hydroxylation sites is 1. The zero-order valence-electron chi connectivity index (χ0n) is 11.8. The van der Waals surface area contributed by atoms with Crippen molar-refractivity contribution in [1.29, 1.82) is 0 Å². The van der Waals surface area contributed by atoms with Gasteiger partial charge in [0.25, 0.3) is 0 Å². The van der Waals surface area contributed by atoms with Gasteiger partial charge in [-0.15, -0.1) is 0 Å². The summed E-state index contributed by atoms with van der Waals surface area (Å²) in [6, 6.07) is 10.1. The molecule has 1 aromatic carbocycles. The summed E-state index contributed by atoms with van der Waals surface area (Å²) in [5.41, 5.74) is 0.965. The number of hydrogen-bond acceptors (Lipinski definition) is 3. The minimum atomic E-state index is -0.0317. The van der Waals surface area contributed by atoms with Crippen LogP contribution in [0.15, 0.2) is 30.3 Å². The highest BCUT2D eigenvalue weighted by Gasteiger charge is 2.38. The van der Waals surface area contributed by atoms with Gasteiger partial charge in [-0.1, -0.05) is 18.2 Å². The molecule has 2 saturated heterocycles. The number of ether oxygens (including phenoxy) is 2. The maximum absolute atomic E-state index is 12.9. The lowest BCUT2D eigenvalue weighted by Gasteiger charge is -2.31. The van der Waals surface area contributed by atoms with Gasteiger partial charge in [0, 0.05) is 18.9 Å². The number of rotatable bonds is 3. The number of amides is 1. The lowest BCUT2D eigenvalue weighted by atomic mass is 9.99. The molecule has 0 radical (unpaired) electrons. The molecule has 3 rings (SSSR count). The molecule has 0 bridgehead atoms. The minimum Gasteiger partial charge on any atom is -0.379 e. The molecular weight excluding hydrogens is 254 g/mol. The number of carbonyl (C=O) groups excluding carboxylic acids is 1. The standard InChI is InChI=1S/C16H21NO3/c1-12-15(8-10-20-12)16(18)17(14-7-9-19-11-14)13-5-3-2-4-6-13/h2-6,12,14-15H,7-11H2,1H3/t12-,14-,15+/m0/s1.